The van der Waals surface area contributed by atoms with Crippen LogP contribution in [0.15, 0.2) is 23.1 Å². The van der Waals surface area contributed by atoms with Gasteiger partial charge < -0.3 is 5.11 Å². The number of thioether (sulfide) groups is 1. The number of hydrogen-bond acceptors (Lipinski definition) is 4. The second-order valence-corrected chi connectivity index (χ2v) is 5.51. The molecule has 0 aliphatic carbocycles. The number of hydrogen-bond donors (Lipinski definition) is 1. The van der Waals surface area contributed by atoms with Crippen LogP contribution in [0.25, 0.3) is 6.08 Å². The molecule has 20 heavy (non-hydrogen) atoms. The van der Waals surface area contributed by atoms with Crippen molar-refractivity contribution in [2.45, 2.75) is 0 Å². The average molecular weight is 315 g/mol. The molecule has 2 rings (SSSR count). The van der Waals surface area contributed by atoms with Gasteiger partial charge in [-0.3, -0.25) is 14.5 Å². The summed E-state index contributed by atoms with van der Waals surface area (Å²) in [6.07, 6.45) is 1.34. The summed E-state index contributed by atoms with van der Waals surface area (Å²) in [5.74, 6) is -3.76. The Morgan fingerprint density at radius 2 is 2.10 bits per heavy atom. The minimum atomic E-state index is -1.18. The van der Waals surface area contributed by atoms with Crippen LogP contribution in [0.1, 0.15) is 5.56 Å². The van der Waals surface area contributed by atoms with Gasteiger partial charge in [0.15, 0.2) is 11.6 Å². The second-order valence-electron chi connectivity index (χ2n) is 3.84. The van der Waals surface area contributed by atoms with Gasteiger partial charge in [-0.15, -0.1) is 0 Å². The molecule has 1 amide bonds. The molecular weight excluding hydrogens is 308 g/mol. The van der Waals surface area contributed by atoms with E-state index in [2.05, 4.69) is 0 Å². The summed E-state index contributed by atoms with van der Waals surface area (Å²) in [7, 11) is 0. The first kappa shape index (κ1) is 14.6. The highest BCUT2D eigenvalue weighted by Crippen LogP contribution is 2.32. The van der Waals surface area contributed by atoms with E-state index in [1.165, 1.54) is 12.1 Å². The molecule has 104 valence electrons. The molecule has 0 saturated carbocycles. The first-order valence-electron chi connectivity index (χ1n) is 5.30. The first-order valence-corrected chi connectivity index (χ1v) is 6.53. The number of carboxylic acids is 1. The maximum absolute atomic E-state index is 13.1. The van der Waals surface area contributed by atoms with E-state index in [1.54, 1.807) is 0 Å². The van der Waals surface area contributed by atoms with Crippen LogP contribution in [0.5, 0.6) is 0 Å². The molecule has 0 spiro atoms. The smallest absolute Gasteiger partial charge is 0.323 e. The van der Waals surface area contributed by atoms with Gasteiger partial charge in [0.05, 0.1) is 4.91 Å². The highest BCUT2D eigenvalue weighted by Gasteiger charge is 2.33. The van der Waals surface area contributed by atoms with Crippen LogP contribution in [-0.2, 0) is 9.59 Å². The lowest BCUT2D eigenvalue weighted by molar-refractivity contribution is -0.140. The van der Waals surface area contributed by atoms with Crippen molar-refractivity contribution >= 4 is 46.3 Å². The third kappa shape index (κ3) is 3.02. The van der Waals surface area contributed by atoms with Crippen LogP contribution in [0.3, 0.4) is 0 Å². The monoisotopic (exact) mass is 315 g/mol. The largest absolute Gasteiger partial charge is 0.480 e. The predicted molar refractivity (Wildman–Crippen MR) is 73.9 cm³/mol. The van der Waals surface area contributed by atoms with Gasteiger partial charge in [0, 0.05) is 0 Å². The first-order chi connectivity index (χ1) is 9.38. The number of thiocarbonyl (C=S) groups is 1. The number of nitrogens with zero attached hydrogens (tertiary/aromatic N) is 1. The number of rotatable bonds is 3. The number of amides is 1. The molecular formula is C12H7F2NO3S2. The van der Waals surface area contributed by atoms with Crippen molar-refractivity contribution in [2.75, 3.05) is 6.54 Å². The summed E-state index contributed by atoms with van der Waals surface area (Å²) in [4.78, 5) is 23.7. The van der Waals surface area contributed by atoms with Crippen LogP contribution in [0.2, 0.25) is 0 Å². The normalized spacial score (nSPS) is 17.1. The molecule has 0 bridgehead atoms. The molecule has 1 aliphatic heterocycles. The standard InChI is InChI=1S/C12H7F2NO3S2/c13-7-2-1-6(3-8(7)14)4-9-11(18)15(5-10(16)17)12(19)20-9/h1-4H,5H2,(H,16,17). The molecule has 0 radical (unpaired) electrons. The number of benzene rings is 1. The lowest BCUT2D eigenvalue weighted by Crippen LogP contribution is -2.33. The fourth-order valence-electron chi connectivity index (χ4n) is 1.53. The highest BCUT2D eigenvalue weighted by atomic mass is 32.2. The summed E-state index contributed by atoms with van der Waals surface area (Å²) in [6.45, 7) is -0.528. The minimum Gasteiger partial charge on any atom is -0.480 e. The Bertz CT molecular complexity index is 646. The van der Waals surface area contributed by atoms with Crippen molar-refractivity contribution in [3.8, 4) is 0 Å². The van der Waals surface area contributed by atoms with Crippen molar-refractivity contribution in [1.82, 2.24) is 4.90 Å². The second kappa shape index (κ2) is 5.68. The van der Waals surface area contributed by atoms with Gasteiger partial charge in [0.1, 0.15) is 10.9 Å². The zero-order chi connectivity index (χ0) is 14.9. The van der Waals surface area contributed by atoms with Gasteiger partial charge in [0.2, 0.25) is 0 Å². The summed E-state index contributed by atoms with van der Waals surface area (Å²) >= 11 is 5.82. The number of aliphatic carboxylic acids is 1. The van der Waals surface area contributed by atoms with Crippen molar-refractivity contribution in [3.05, 3.63) is 40.3 Å². The third-order valence-corrected chi connectivity index (χ3v) is 3.79. The third-order valence-electron chi connectivity index (χ3n) is 2.41. The molecule has 8 heteroatoms. The maximum atomic E-state index is 13.1. The Labute approximate surface area is 122 Å². The van der Waals surface area contributed by atoms with E-state index in [4.69, 9.17) is 17.3 Å². The van der Waals surface area contributed by atoms with Gasteiger partial charge >= 0.3 is 5.97 Å². The van der Waals surface area contributed by atoms with Crippen LogP contribution in [0, 0.1) is 11.6 Å². The number of carbonyl (C=O) groups is 2. The molecule has 1 fully saturated rings. The zero-order valence-electron chi connectivity index (χ0n) is 9.80. The Morgan fingerprint density at radius 3 is 2.70 bits per heavy atom. The molecule has 1 heterocycles. The number of carboxylic acid groups (broad SMARTS) is 1. The SMILES string of the molecule is O=C(O)CN1C(=O)C(=Cc2ccc(F)c(F)c2)SC1=S. The lowest BCUT2D eigenvalue weighted by atomic mass is 10.2. The Morgan fingerprint density at radius 1 is 1.40 bits per heavy atom. The summed E-state index contributed by atoms with van der Waals surface area (Å²) < 4.78 is 26.0. The zero-order valence-corrected chi connectivity index (χ0v) is 11.4. The van der Waals surface area contributed by atoms with E-state index < -0.39 is 30.1 Å². The van der Waals surface area contributed by atoms with E-state index in [-0.39, 0.29) is 9.23 Å². The van der Waals surface area contributed by atoms with Gasteiger partial charge in [0.25, 0.3) is 5.91 Å². The van der Waals surface area contributed by atoms with Crippen LogP contribution >= 0.6 is 24.0 Å². The van der Waals surface area contributed by atoms with Gasteiger partial charge in [-0.25, -0.2) is 8.78 Å². The number of carbonyl (C=O) groups excluding carboxylic acids is 1. The van der Waals surface area contributed by atoms with Gasteiger partial charge in [-0.2, -0.15) is 0 Å². The van der Waals surface area contributed by atoms with Gasteiger partial charge in [-0.05, 0) is 23.8 Å². The van der Waals surface area contributed by atoms with E-state index >= 15 is 0 Å². The van der Waals surface area contributed by atoms with Crippen molar-refractivity contribution < 1.29 is 23.5 Å². The van der Waals surface area contributed by atoms with Crippen LogP contribution < -0.4 is 0 Å². The fourth-order valence-corrected chi connectivity index (χ4v) is 2.78. The molecule has 0 atom stereocenters. The Balaban J connectivity index is 2.27. The molecule has 1 aromatic carbocycles. The summed E-state index contributed by atoms with van der Waals surface area (Å²) in [5.41, 5.74) is 0.291. The van der Waals surface area contributed by atoms with Crippen LogP contribution in [-0.4, -0.2) is 32.7 Å². The highest BCUT2D eigenvalue weighted by molar-refractivity contribution is 8.26. The Kier molecular flexibility index (Phi) is 4.15. The van der Waals surface area contributed by atoms with Crippen molar-refractivity contribution in [1.29, 1.82) is 0 Å². The van der Waals surface area contributed by atoms with Gasteiger partial charge in [-0.1, -0.05) is 30.0 Å². The quantitative estimate of drug-likeness (QED) is 0.685. The Hall–Kier alpha value is -1.80. The molecule has 0 aromatic heterocycles. The van der Waals surface area contributed by atoms with E-state index in [0.717, 1.165) is 28.8 Å². The number of halogens is 2. The molecule has 1 aromatic rings. The van der Waals surface area contributed by atoms with Crippen molar-refractivity contribution in [3.63, 3.8) is 0 Å². The summed E-state index contributed by atoms with van der Waals surface area (Å²) in [6, 6.07) is 3.19. The van der Waals surface area contributed by atoms with Crippen LogP contribution in [0.4, 0.5) is 8.78 Å². The summed E-state index contributed by atoms with van der Waals surface area (Å²) in [5, 5.41) is 8.68. The molecule has 1 saturated heterocycles. The maximum Gasteiger partial charge on any atom is 0.323 e. The molecule has 0 unspecified atom stereocenters. The van der Waals surface area contributed by atoms with E-state index in [9.17, 15) is 18.4 Å². The fraction of sp³-hybridized carbons (Fsp3) is 0.0833. The van der Waals surface area contributed by atoms with E-state index in [0.29, 0.717) is 5.56 Å². The predicted octanol–water partition coefficient (Wildman–Crippen LogP) is 2.25. The minimum absolute atomic E-state index is 0.117. The van der Waals surface area contributed by atoms with E-state index in [1.807, 2.05) is 0 Å². The molecule has 1 aliphatic rings. The lowest BCUT2D eigenvalue weighted by Gasteiger charge is -2.10. The van der Waals surface area contributed by atoms with Crippen molar-refractivity contribution in [2.24, 2.45) is 0 Å². The molecule has 4 nitrogen and oxygen atoms in total. The molecule has 1 N–H and O–H groups in total. The topological polar surface area (TPSA) is 57.6 Å². The average Bonchev–Trinajstić information content (AvgIpc) is 2.61.